The maximum atomic E-state index is 13.1. The maximum Gasteiger partial charge on any atom is 0.336 e. The molecule has 0 saturated heterocycles. The highest BCUT2D eigenvalue weighted by Crippen LogP contribution is 2.28. The molecule has 20 heavy (non-hydrogen) atoms. The van der Waals surface area contributed by atoms with Crippen LogP contribution in [0.15, 0.2) is 41.3 Å². The molecule has 1 N–H and O–H groups in total. The average molecular weight is 290 g/mol. The van der Waals surface area contributed by atoms with Crippen molar-refractivity contribution in [2.45, 2.75) is 24.5 Å². The molecule has 0 fully saturated rings. The monoisotopic (exact) mass is 290 g/mol. The quantitative estimate of drug-likeness (QED) is 0.846. The van der Waals surface area contributed by atoms with Gasteiger partial charge in [-0.05, 0) is 43.2 Å². The predicted molar refractivity (Wildman–Crippen MR) is 78.8 cm³/mol. The predicted octanol–water partition coefficient (Wildman–Crippen LogP) is 4.43. The summed E-state index contributed by atoms with van der Waals surface area (Å²) in [6.07, 6.45) is 0. The van der Waals surface area contributed by atoms with Crippen molar-refractivity contribution in [1.82, 2.24) is 0 Å². The molecule has 0 aromatic heterocycles. The van der Waals surface area contributed by atoms with E-state index in [0.29, 0.717) is 11.3 Å². The Kier molecular flexibility index (Phi) is 4.45. The standard InChI is InChI=1S/C16H15FO2S/c1-10-3-6-15(11(2)7-10)20-9-12-4-5-13(17)8-14(12)16(18)19/h3-8H,9H2,1-2H3,(H,18,19). The van der Waals surface area contributed by atoms with Gasteiger partial charge in [-0.3, -0.25) is 0 Å². The SMILES string of the molecule is Cc1ccc(SCc2ccc(F)cc2C(=O)O)c(C)c1. The van der Waals surface area contributed by atoms with E-state index in [-0.39, 0.29) is 5.56 Å². The lowest BCUT2D eigenvalue weighted by atomic mass is 10.1. The number of carboxylic acids is 1. The molecule has 0 aliphatic heterocycles. The van der Waals surface area contributed by atoms with Crippen LogP contribution in [0.3, 0.4) is 0 Å². The first kappa shape index (κ1) is 14.6. The van der Waals surface area contributed by atoms with Gasteiger partial charge < -0.3 is 5.11 Å². The summed E-state index contributed by atoms with van der Waals surface area (Å²) in [6, 6.07) is 10.0. The lowest BCUT2D eigenvalue weighted by Gasteiger charge is -2.09. The Morgan fingerprint density at radius 2 is 1.95 bits per heavy atom. The van der Waals surface area contributed by atoms with Crippen molar-refractivity contribution in [1.29, 1.82) is 0 Å². The third kappa shape index (κ3) is 3.39. The number of halogens is 1. The van der Waals surface area contributed by atoms with Gasteiger partial charge in [0.15, 0.2) is 0 Å². The molecule has 2 aromatic rings. The Bertz CT molecular complexity index is 653. The van der Waals surface area contributed by atoms with Crippen molar-refractivity contribution in [2.24, 2.45) is 0 Å². The minimum absolute atomic E-state index is 0.0299. The van der Waals surface area contributed by atoms with Gasteiger partial charge in [0.2, 0.25) is 0 Å². The largest absolute Gasteiger partial charge is 0.478 e. The summed E-state index contributed by atoms with van der Waals surface area (Å²) in [6.45, 7) is 4.06. The van der Waals surface area contributed by atoms with E-state index in [9.17, 15) is 9.18 Å². The first-order valence-electron chi connectivity index (χ1n) is 6.19. The Hall–Kier alpha value is -1.81. The van der Waals surface area contributed by atoms with E-state index in [2.05, 4.69) is 6.07 Å². The van der Waals surface area contributed by atoms with Crippen LogP contribution in [0.1, 0.15) is 27.0 Å². The zero-order valence-electron chi connectivity index (χ0n) is 11.3. The third-order valence-electron chi connectivity index (χ3n) is 3.02. The molecule has 0 saturated carbocycles. The molecule has 0 atom stereocenters. The first-order valence-corrected chi connectivity index (χ1v) is 7.17. The number of rotatable bonds is 4. The molecule has 2 aromatic carbocycles. The van der Waals surface area contributed by atoms with E-state index in [4.69, 9.17) is 5.11 Å². The van der Waals surface area contributed by atoms with E-state index < -0.39 is 11.8 Å². The fourth-order valence-electron chi connectivity index (χ4n) is 1.99. The van der Waals surface area contributed by atoms with Gasteiger partial charge in [0.1, 0.15) is 5.82 Å². The average Bonchev–Trinajstić information content (AvgIpc) is 2.38. The number of aromatic carboxylic acids is 1. The fourth-order valence-corrected chi connectivity index (χ4v) is 3.00. The van der Waals surface area contributed by atoms with Crippen LogP contribution in [0.2, 0.25) is 0 Å². The van der Waals surface area contributed by atoms with Crippen molar-refractivity contribution in [2.75, 3.05) is 0 Å². The second kappa shape index (κ2) is 6.09. The Morgan fingerprint density at radius 1 is 1.20 bits per heavy atom. The highest BCUT2D eigenvalue weighted by Gasteiger charge is 2.12. The summed E-state index contributed by atoms with van der Waals surface area (Å²) in [5.74, 6) is -1.12. The van der Waals surface area contributed by atoms with Gasteiger partial charge >= 0.3 is 5.97 Å². The number of carboxylic acid groups (broad SMARTS) is 1. The van der Waals surface area contributed by atoms with E-state index in [1.165, 1.54) is 17.7 Å². The van der Waals surface area contributed by atoms with Crippen LogP contribution in [0, 0.1) is 19.7 Å². The van der Waals surface area contributed by atoms with Gasteiger partial charge in [0.05, 0.1) is 5.56 Å². The molecule has 2 rings (SSSR count). The molecule has 104 valence electrons. The topological polar surface area (TPSA) is 37.3 Å². The molecule has 0 heterocycles. The summed E-state index contributed by atoms with van der Waals surface area (Å²) in [4.78, 5) is 12.2. The molecule has 4 heteroatoms. The molecular weight excluding hydrogens is 275 g/mol. The van der Waals surface area contributed by atoms with Gasteiger partial charge in [-0.15, -0.1) is 11.8 Å². The number of carbonyl (C=O) groups is 1. The number of benzene rings is 2. The summed E-state index contributed by atoms with van der Waals surface area (Å²) in [5, 5.41) is 9.10. The fraction of sp³-hybridized carbons (Fsp3) is 0.188. The molecule has 0 amide bonds. The van der Waals surface area contributed by atoms with Crippen molar-refractivity contribution in [3.05, 3.63) is 64.5 Å². The molecule has 0 aliphatic carbocycles. The van der Waals surface area contributed by atoms with Crippen molar-refractivity contribution in [3.8, 4) is 0 Å². The molecule has 2 nitrogen and oxygen atoms in total. The summed E-state index contributed by atoms with van der Waals surface area (Å²) in [5.41, 5.74) is 3.01. The zero-order valence-corrected chi connectivity index (χ0v) is 12.1. The number of hydrogen-bond donors (Lipinski definition) is 1. The van der Waals surface area contributed by atoms with Gasteiger partial charge in [-0.1, -0.05) is 23.8 Å². The van der Waals surface area contributed by atoms with Gasteiger partial charge in [0, 0.05) is 10.6 Å². The Labute approximate surface area is 121 Å². The van der Waals surface area contributed by atoms with Crippen LogP contribution in [0.5, 0.6) is 0 Å². The Morgan fingerprint density at radius 3 is 2.60 bits per heavy atom. The van der Waals surface area contributed by atoms with E-state index in [1.54, 1.807) is 11.8 Å². The van der Waals surface area contributed by atoms with Crippen molar-refractivity contribution >= 4 is 17.7 Å². The van der Waals surface area contributed by atoms with Crippen LogP contribution < -0.4 is 0 Å². The van der Waals surface area contributed by atoms with Crippen molar-refractivity contribution in [3.63, 3.8) is 0 Å². The molecule has 0 spiro atoms. The van der Waals surface area contributed by atoms with Crippen LogP contribution >= 0.6 is 11.8 Å². The van der Waals surface area contributed by atoms with Crippen LogP contribution in [0.25, 0.3) is 0 Å². The van der Waals surface area contributed by atoms with E-state index in [0.717, 1.165) is 16.5 Å². The highest BCUT2D eigenvalue weighted by atomic mass is 32.2. The second-order valence-corrected chi connectivity index (χ2v) is 5.68. The van der Waals surface area contributed by atoms with Gasteiger partial charge in [-0.25, -0.2) is 9.18 Å². The Balaban J connectivity index is 2.20. The summed E-state index contributed by atoms with van der Waals surface area (Å²) in [7, 11) is 0. The maximum absolute atomic E-state index is 13.1. The van der Waals surface area contributed by atoms with E-state index in [1.807, 2.05) is 26.0 Å². The lowest BCUT2D eigenvalue weighted by Crippen LogP contribution is -2.02. The molecule has 0 unspecified atom stereocenters. The summed E-state index contributed by atoms with van der Waals surface area (Å²) < 4.78 is 13.1. The van der Waals surface area contributed by atoms with Crippen LogP contribution in [-0.4, -0.2) is 11.1 Å². The van der Waals surface area contributed by atoms with Gasteiger partial charge in [-0.2, -0.15) is 0 Å². The number of aryl methyl sites for hydroxylation is 2. The molecular formula is C16H15FO2S. The first-order chi connectivity index (χ1) is 9.47. The van der Waals surface area contributed by atoms with E-state index >= 15 is 0 Å². The highest BCUT2D eigenvalue weighted by molar-refractivity contribution is 7.98. The molecule has 0 bridgehead atoms. The molecule has 0 aliphatic rings. The number of hydrogen-bond acceptors (Lipinski definition) is 2. The minimum atomic E-state index is -1.10. The molecule has 0 radical (unpaired) electrons. The summed E-state index contributed by atoms with van der Waals surface area (Å²) >= 11 is 1.56. The minimum Gasteiger partial charge on any atom is -0.478 e. The zero-order chi connectivity index (χ0) is 14.7. The third-order valence-corrected chi connectivity index (χ3v) is 4.24. The smallest absolute Gasteiger partial charge is 0.336 e. The van der Waals surface area contributed by atoms with Crippen LogP contribution in [-0.2, 0) is 5.75 Å². The second-order valence-electron chi connectivity index (χ2n) is 4.66. The van der Waals surface area contributed by atoms with Crippen molar-refractivity contribution < 1.29 is 14.3 Å². The van der Waals surface area contributed by atoms with Gasteiger partial charge in [0.25, 0.3) is 0 Å². The lowest BCUT2D eigenvalue weighted by molar-refractivity contribution is 0.0695. The normalized spacial score (nSPS) is 10.6. The number of thioether (sulfide) groups is 1. The van der Waals surface area contributed by atoms with Crippen LogP contribution in [0.4, 0.5) is 4.39 Å².